The summed E-state index contributed by atoms with van der Waals surface area (Å²) in [5.41, 5.74) is 1.18. The van der Waals surface area contributed by atoms with Crippen LogP contribution in [0.1, 0.15) is 80.1 Å². The highest BCUT2D eigenvalue weighted by molar-refractivity contribution is 8.00. The monoisotopic (exact) mass is 342 g/mol. The summed E-state index contributed by atoms with van der Waals surface area (Å²) in [6.45, 7) is 12.8. The van der Waals surface area contributed by atoms with Crippen molar-refractivity contribution < 1.29 is 10.2 Å². The average Bonchev–Trinajstić information content (AvgIpc) is 2.92. The number of aliphatic hydroxyl groups is 2. The minimum Gasteiger partial charge on any atom is -0.393 e. The summed E-state index contributed by atoms with van der Waals surface area (Å²) in [5.74, 6) is 1.22. The molecule has 0 aromatic rings. The van der Waals surface area contributed by atoms with E-state index in [-0.39, 0.29) is 11.5 Å². The van der Waals surface area contributed by atoms with Crippen molar-refractivity contribution in [2.24, 2.45) is 11.3 Å². The highest BCUT2D eigenvalue weighted by atomic mass is 32.2. The Bertz CT molecular complexity index is 389. The SMILES string of the molecule is CC.CCC(O)(CC)CSC(C)C1=CCC2C(O)CCCC12C. The van der Waals surface area contributed by atoms with Crippen molar-refractivity contribution in [2.75, 3.05) is 5.75 Å². The van der Waals surface area contributed by atoms with E-state index in [0.29, 0.717) is 11.2 Å². The predicted molar refractivity (Wildman–Crippen MR) is 103 cm³/mol. The Morgan fingerprint density at radius 2 is 1.96 bits per heavy atom. The molecule has 0 aromatic heterocycles. The van der Waals surface area contributed by atoms with Crippen LogP contribution in [0.2, 0.25) is 0 Å². The second-order valence-electron chi connectivity index (χ2n) is 7.26. The van der Waals surface area contributed by atoms with Gasteiger partial charge in [0, 0.05) is 11.0 Å². The fourth-order valence-corrected chi connectivity index (χ4v) is 5.72. The van der Waals surface area contributed by atoms with E-state index >= 15 is 0 Å². The van der Waals surface area contributed by atoms with Gasteiger partial charge in [0.05, 0.1) is 11.7 Å². The van der Waals surface area contributed by atoms with E-state index in [0.717, 1.165) is 37.9 Å². The first kappa shape index (κ1) is 21.1. The molecule has 2 aliphatic carbocycles. The van der Waals surface area contributed by atoms with Crippen LogP contribution in [0.25, 0.3) is 0 Å². The van der Waals surface area contributed by atoms with Crippen LogP contribution in [0.4, 0.5) is 0 Å². The number of thioether (sulfide) groups is 1. The molecule has 3 heteroatoms. The third-order valence-electron chi connectivity index (χ3n) is 6.09. The third-order valence-corrected chi connectivity index (χ3v) is 7.54. The Labute approximate surface area is 148 Å². The van der Waals surface area contributed by atoms with Gasteiger partial charge in [-0.25, -0.2) is 0 Å². The minimum atomic E-state index is -0.523. The number of hydrogen-bond acceptors (Lipinski definition) is 3. The summed E-state index contributed by atoms with van der Waals surface area (Å²) in [6, 6.07) is 0. The molecule has 0 saturated heterocycles. The second-order valence-corrected chi connectivity index (χ2v) is 8.59. The van der Waals surface area contributed by atoms with Crippen LogP contribution in [-0.2, 0) is 0 Å². The number of allylic oxidation sites excluding steroid dienone is 1. The van der Waals surface area contributed by atoms with Crippen molar-refractivity contribution in [2.45, 2.75) is 97.0 Å². The normalized spacial score (nSPS) is 31.7. The topological polar surface area (TPSA) is 40.5 Å². The standard InChI is InChI=1S/C18H32O2S.C2H6/c1-5-18(20,6-2)12-21-13(3)14-9-10-15-16(19)8-7-11-17(14,15)4;1-2/h9,13,15-16,19-20H,5-8,10-12H2,1-4H3;1-2H3. The zero-order valence-electron chi connectivity index (χ0n) is 16.1. The van der Waals surface area contributed by atoms with Crippen LogP contribution in [0.5, 0.6) is 0 Å². The summed E-state index contributed by atoms with van der Waals surface area (Å²) in [6.07, 6.45) is 8.24. The highest BCUT2D eigenvalue weighted by Crippen LogP contribution is 2.55. The first-order valence-corrected chi connectivity index (χ1v) is 10.6. The smallest absolute Gasteiger partial charge is 0.0732 e. The molecular formula is C20H38O2S. The highest BCUT2D eigenvalue weighted by Gasteiger charge is 2.48. The maximum Gasteiger partial charge on any atom is 0.0732 e. The van der Waals surface area contributed by atoms with Crippen molar-refractivity contribution in [3.63, 3.8) is 0 Å². The second kappa shape index (κ2) is 8.92. The number of rotatable bonds is 6. The molecule has 4 unspecified atom stereocenters. The molecule has 2 aliphatic rings. The van der Waals surface area contributed by atoms with Crippen LogP contribution in [0.15, 0.2) is 11.6 Å². The fraction of sp³-hybridized carbons (Fsp3) is 0.900. The lowest BCUT2D eigenvalue weighted by molar-refractivity contribution is 0.0105. The first-order valence-electron chi connectivity index (χ1n) is 9.59. The van der Waals surface area contributed by atoms with Crippen LogP contribution in [-0.4, -0.2) is 32.9 Å². The summed E-state index contributed by atoms with van der Waals surface area (Å²) >= 11 is 1.89. The van der Waals surface area contributed by atoms with E-state index in [1.165, 1.54) is 12.0 Å². The minimum absolute atomic E-state index is 0.127. The van der Waals surface area contributed by atoms with Crippen molar-refractivity contribution in [1.82, 2.24) is 0 Å². The van der Waals surface area contributed by atoms with Gasteiger partial charge in [-0.3, -0.25) is 0 Å². The number of hydrogen-bond donors (Lipinski definition) is 2. The van der Waals surface area contributed by atoms with Crippen LogP contribution >= 0.6 is 11.8 Å². The number of fused-ring (bicyclic) bond motifs is 1. The lowest BCUT2D eigenvalue weighted by atomic mass is 9.65. The molecule has 1 fully saturated rings. The molecule has 23 heavy (non-hydrogen) atoms. The van der Waals surface area contributed by atoms with E-state index in [9.17, 15) is 10.2 Å². The van der Waals surface area contributed by atoms with Gasteiger partial charge in [-0.05, 0) is 56.8 Å². The molecule has 1 saturated carbocycles. The Kier molecular flexibility index (Phi) is 8.16. The molecule has 0 bridgehead atoms. The molecule has 0 amide bonds. The molecule has 2 nitrogen and oxygen atoms in total. The average molecular weight is 343 g/mol. The lowest BCUT2D eigenvalue weighted by Crippen LogP contribution is -2.40. The van der Waals surface area contributed by atoms with E-state index in [4.69, 9.17) is 0 Å². The summed E-state index contributed by atoms with van der Waals surface area (Å²) in [5, 5.41) is 21.2. The predicted octanol–water partition coefficient (Wildman–Crippen LogP) is 5.18. The summed E-state index contributed by atoms with van der Waals surface area (Å²) < 4.78 is 0. The molecule has 0 radical (unpaired) electrons. The van der Waals surface area contributed by atoms with Gasteiger partial charge < -0.3 is 10.2 Å². The van der Waals surface area contributed by atoms with Crippen LogP contribution in [0.3, 0.4) is 0 Å². The third kappa shape index (κ3) is 4.55. The fourth-order valence-electron chi connectivity index (χ4n) is 4.21. The van der Waals surface area contributed by atoms with Gasteiger partial charge in [0.25, 0.3) is 0 Å². The maximum atomic E-state index is 10.5. The van der Waals surface area contributed by atoms with Crippen LogP contribution in [0, 0.1) is 11.3 Å². The van der Waals surface area contributed by atoms with Gasteiger partial charge >= 0.3 is 0 Å². The molecule has 0 heterocycles. The zero-order valence-corrected chi connectivity index (χ0v) is 16.9. The van der Waals surface area contributed by atoms with E-state index in [1.807, 2.05) is 25.6 Å². The molecule has 0 aliphatic heterocycles. The van der Waals surface area contributed by atoms with Gasteiger partial charge in [0.1, 0.15) is 0 Å². The largest absolute Gasteiger partial charge is 0.393 e. The van der Waals surface area contributed by atoms with Crippen molar-refractivity contribution in [3.05, 3.63) is 11.6 Å². The summed E-state index contributed by atoms with van der Waals surface area (Å²) in [7, 11) is 0. The van der Waals surface area contributed by atoms with Crippen molar-refractivity contribution in [1.29, 1.82) is 0 Å². The Morgan fingerprint density at radius 3 is 2.52 bits per heavy atom. The molecule has 2 N–H and O–H groups in total. The first-order chi connectivity index (χ1) is 10.9. The van der Waals surface area contributed by atoms with Crippen molar-refractivity contribution in [3.8, 4) is 0 Å². The van der Waals surface area contributed by atoms with Gasteiger partial charge in [-0.1, -0.05) is 46.3 Å². The molecule has 4 atom stereocenters. The quantitative estimate of drug-likeness (QED) is 0.653. The lowest BCUT2D eigenvalue weighted by Gasteiger charge is -2.43. The van der Waals surface area contributed by atoms with Gasteiger partial charge in [-0.15, -0.1) is 0 Å². The van der Waals surface area contributed by atoms with E-state index < -0.39 is 5.60 Å². The molecule has 0 spiro atoms. The molecule has 0 aromatic carbocycles. The van der Waals surface area contributed by atoms with E-state index in [2.05, 4.69) is 33.8 Å². The number of aliphatic hydroxyl groups excluding tert-OH is 1. The molecule has 136 valence electrons. The zero-order chi connectivity index (χ0) is 17.7. The van der Waals surface area contributed by atoms with Gasteiger partial charge in [-0.2, -0.15) is 11.8 Å². The Morgan fingerprint density at radius 1 is 1.35 bits per heavy atom. The molecule has 2 rings (SSSR count). The Hall–Kier alpha value is 0.01000. The van der Waals surface area contributed by atoms with Gasteiger partial charge in [0.2, 0.25) is 0 Å². The van der Waals surface area contributed by atoms with Gasteiger partial charge in [0.15, 0.2) is 0 Å². The molecular weight excluding hydrogens is 304 g/mol. The Balaban J connectivity index is 0.00000127. The maximum absolute atomic E-state index is 10.5. The van der Waals surface area contributed by atoms with Crippen LogP contribution < -0.4 is 0 Å². The van der Waals surface area contributed by atoms with Crippen molar-refractivity contribution >= 4 is 11.8 Å². The van der Waals surface area contributed by atoms with E-state index in [1.54, 1.807) is 0 Å². The summed E-state index contributed by atoms with van der Waals surface area (Å²) in [4.78, 5) is 0.